The first-order chi connectivity index (χ1) is 7.48. The van der Waals surface area contributed by atoms with Gasteiger partial charge >= 0.3 is 0 Å². The van der Waals surface area contributed by atoms with Crippen molar-refractivity contribution in [2.45, 2.75) is 25.3 Å². The molecule has 16 heavy (non-hydrogen) atoms. The lowest BCUT2D eigenvalue weighted by molar-refractivity contribution is 0.130. The fraction of sp³-hybridized carbons (Fsp3) is 1.00. The van der Waals surface area contributed by atoms with Gasteiger partial charge in [0.15, 0.2) is 0 Å². The molecule has 2 aliphatic rings. The topological polar surface area (TPSA) is 72.6 Å². The first kappa shape index (κ1) is 12.3. The third-order valence-electron chi connectivity index (χ3n) is 3.42. The minimum absolute atomic E-state index is 0.0710. The number of nitrogens with zero attached hydrogens (tertiary/aromatic N) is 1. The number of hydrogen-bond donors (Lipinski definition) is 1. The van der Waals surface area contributed by atoms with Gasteiger partial charge in [-0.2, -0.15) is 4.31 Å². The molecular weight excluding hydrogens is 228 g/mol. The maximum Gasteiger partial charge on any atom is 0.216 e. The van der Waals surface area contributed by atoms with Gasteiger partial charge in [-0.05, 0) is 25.7 Å². The molecule has 1 saturated carbocycles. The summed E-state index contributed by atoms with van der Waals surface area (Å²) in [5.41, 5.74) is 5.88. The van der Waals surface area contributed by atoms with Crippen molar-refractivity contribution in [3.8, 4) is 0 Å². The monoisotopic (exact) mass is 248 g/mol. The van der Waals surface area contributed by atoms with Crippen molar-refractivity contribution in [1.82, 2.24) is 4.31 Å². The summed E-state index contributed by atoms with van der Waals surface area (Å²) in [5, 5.41) is 0. The van der Waals surface area contributed by atoms with Gasteiger partial charge in [-0.25, -0.2) is 8.42 Å². The maximum atomic E-state index is 11.8. The Morgan fingerprint density at radius 3 is 2.56 bits per heavy atom. The van der Waals surface area contributed by atoms with Crippen molar-refractivity contribution >= 4 is 10.0 Å². The summed E-state index contributed by atoms with van der Waals surface area (Å²) in [6, 6.07) is 0. The highest BCUT2D eigenvalue weighted by atomic mass is 32.2. The van der Waals surface area contributed by atoms with E-state index in [0.717, 1.165) is 12.8 Å². The normalized spacial score (nSPS) is 25.4. The molecule has 1 aliphatic heterocycles. The van der Waals surface area contributed by atoms with Gasteiger partial charge in [0.1, 0.15) is 0 Å². The van der Waals surface area contributed by atoms with Gasteiger partial charge < -0.3 is 10.5 Å². The Hall–Kier alpha value is -0.170. The Balaban J connectivity index is 1.81. The summed E-state index contributed by atoms with van der Waals surface area (Å²) in [6.07, 6.45) is 2.31. The molecule has 2 N–H and O–H groups in total. The highest BCUT2D eigenvalue weighted by molar-refractivity contribution is 7.89. The third-order valence-corrected chi connectivity index (χ3v) is 5.14. The molecule has 2 rings (SSSR count). The summed E-state index contributed by atoms with van der Waals surface area (Å²) in [6.45, 7) is 3.67. The maximum absolute atomic E-state index is 11.8. The van der Waals surface area contributed by atoms with E-state index in [9.17, 15) is 8.42 Å². The van der Waals surface area contributed by atoms with Gasteiger partial charge in [0.2, 0.25) is 10.0 Å². The molecule has 6 heteroatoms. The van der Waals surface area contributed by atoms with Crippen LogP contribution in [0.2, 0.25) is 0 Å². The lowest BCUT2D eigenvalue weighted by atomic mass is 9.88. The van der Waals surface area contributed by atoms with Gasteiger partial charge in [-0.1, -0.05) is 0 Å². The van der Waals surface area contributed by atoms with Crippen LogP contribution in [-0.4, -0.2) is 50.3 Å². The van der Waals surface area contributed by atoms with E-state index >= 15 is 0 Å². The van der Waals surface area contributed by atoms with E-state index < -0.39 is 10.0 Å². The lowest BCUT2D eigenvalue weighted by Crippen LogP contribution is -2.70. The first-order valence-electron chi connectivity index (χ1n) is 5.82. The molecule has 5 nitrogen and oxygen atoms in total. The molecule has 94 valence electrons. The molecule has 1 saturated heterocycles. The second kappa shape index (κ2) is 4.25. The molecule has 0 bridgehead atoms. The summed E-state index contributed by atoms with van der Waals surface area (Å²) < 4.78 is 30.2. The number of ether oxygens (including phenoxy) is 1. The van der Waals surface area contributed by atoms with Crippen LogP contribution in [0.1, 0.15) is 19.8 Å². The molecule has 0 aromatic carbocycles. The van der Waals surface area contributed by atoms with Crippen LogP contribution in [-0.2, 0) is 14.8 Å². The van der Waals surface area contributed by atoms with Crippen LogP contribution in [0, 0.1) is 5.92 Å². The van der Waals surface area contributed by atoms with Crippen LogP contribution in [0.4, 0.5) is 0 Å². The smallest absolute Gasteiger partial charge is 0.216 e. The summed E-state index contributed by atoms with van der Waals surface area (Å²) >= 11 is 0. The van der Waals surface area contributed by atoms with Crippen molar-refractivity contribution in [3.05, 3.63) is 0 Å². The molecule has 0 unspecified atom stereocenters. The van der Waals surface area contributed by atoms with Crippen LogP contribution in [0.15, 0.2) is 0 Å². The van der Waals surface area contributed by atoms with E-state index in [4.69, 9.17) is 10.5 Å². The van der Waals surface area contributed by atoms with Gasteiger partial charge in [-0.15, -0.1) is 0 Å². The number of rotatable bonds is 6. The van der Waals surface area contributed by atoms with E-state index in [2.05, 4.69) is 0 Å². The zero-order valence-electron chi connectivity index (χ0n) is 9.68. The summed E-state index contributed by atoms with van der Waals surface area (Å²) in [4.78, 5) is 0. The Bertz CT molecular complexity index is 345. The van der Waals surface area contributed by atoms with E-state index in [1.54, 1.807) is 0 Å². The molecule has 0 radical (unpaired) electrons. The van der Waals surface area contributed by atoms with E-state index in [0.29, 0.717) is 25.6 Å². The largest absolute Gasteiger partial charge is 0.381 e. The van der Waals surface area contributed by atoms with E-state index in [-0.39, 0.29) is 17.9 Å². The zero-order chi connectivity index (χ0) is 11.8. The highest BCUT2D eigenvalue weighted by Crippen LogP contribution is 2.43. The minimum atomic E-state index is -3.14. The molecule has 1 aliphatic carbocycles. The lowest BCUT2D eigenvalue weighted by Gasteiger charge is -2.47. The molecule has 0 amide bonds. The predicted molar refractivity (Wildman–Crippen MR) is 61.5 cm³/mol. The van der Waals surface area contributed by atoms with Gasteiger partial charge in [0, 0.05) is 25.2 Å². The highest BCUT2D eigenvalue weighted by Gasteiger charge is 2.53. The molecule has 2 fully saturated rings. The third kappa shape index (κ3) is 2.40. The van der Waals surface area contributed by atoms with Crippen LogP contribution in [0.25, 0.3) is 0 Å². The van der Waals surface area contributed by atoms with Gasteiger partial charge in [-0.3, -0.25) is 0 Å². The number of nitrogens with two attached hydrogens (primary N) is 1. The average molecular weight is 248 g/mol. The molecule has 0 aromatic heterocycles. The SMILES string of the molecule is CCOCCS(=O)(=O)N1CC(N)(C2CC2)C1. The molecular formula is C10H20N2O3S. The fourth-order valence-electron chi connectivity index (χ4n) is 2.16. The van der Waals surface area contributed by atoms with Crippen molar-refractivity contribution in [2.24, 2.45) is 11.7 Å². The summed E-state index contributed by atoms with van der Waals surface area (Å²) in [5.74, 6) is 0.618. The quantitative estimate of drug-likeness (QED) is 0.659. The second-order valence-corrected chi connectivity index (χ2v) is 6.88. The van der Waals surface area contributed by atoms with Crippen molar-refractivity contribution in [2.75, 3.05) is 32.1 Å². The van der Waals surface area contributed by atoms with Crippen LogP contribution in [0.5, 0.6) is 0 Å². The molecule has 0 atom stereocenters. The molecule has 1 heterocycles. The zero-order valence-corrected chi connectivity index (χ0v) is 10.5. The van der Waals surface area contributed by atoms with Gasteiger partial charge in [0.05, 0.1) is 12.4 Å². The Morgan fingerprint density at radius 2 is 2.06 bits per heavy atom. The molecule has 0 spiro atoms. The van der Waals surface area contributed by atoms with E-state index in [1.165, 1.54) is 4.31 Å². The van der Waals surface area contributed by atoms with E-state index in [1.807, 2.05) is 6.92 Å². The van der Waals surface area contributed by atoms with Gasteiger partial charge in [0.25, 0.3) is 0 Å². The van der Waals surface area contributed by atoms with Crippen molar-refractivity contribution in [1.29, 1.82) is 0 Å². The fourth-order valence-corrected chi connectivity index (χ4v) is 3.62. The van der Waals surface area contributed by atoms with Crippen LogP contribution < -0.4 is 5.73 Å². The van der Waals surface area contributed by atoms with Crippen molar-refractivity contribution in [3.63, 3.8) is 0 Å². The average Bonchev–Trinajstić information content (AvgIpc) is 2.96. The second-order valence-electron chi connectivity index (χ2n) is 4.79. The first-order valence-corrected chi connectivity index (χ1v) is 7.43. The van der Waals surface area contributed by atoms with Crippen molar-refractivity contribution < 1.29 is 13.2 Å². The van der Waals surface area contributed by atoms with Crippen LogP contribution >= 0.6 is 0 Å². The molecule has 0 aromatic rings. The minimum Gasteiger partial charge on any atom is -0.381 e. The number of hydrogen-bond acceptors (Lipinski definition) is 4. The van der Waals surface area contributed by atoms with Crippen LogP contribution in [0.3, 0.4) is 0 Å². The Kier molecular flexibility index (Phi) is 3.27. The number of sulfonamides is 1. The Morgan fingerprint density at radius 1 is 1.44 bits per heavy atom. The summed E-state index contributed by atoms with van der Waals surface area (Å²) in [7, 11) is -3.14. The standard InChI is InChI=1S/C10H20N2O3S/c1-2-15-5-6-16(13,14)12-7-10(11,8-12)9-3-4-9/h9H,2-8,11H2,1H3. The Labute approximate surface area is 97.0 Å². The predicted octanol–water partition coefficient (Wildman–Crippen LogP) is -0.224.